The molecule has 1 aromatic heterocycles. The van der Waals surface area contributed by atoms with Gasteiger partial charge in [-0.15, -0.1) is 0 Å². The number of halogens is 1. The molecular weight excluding hydrogens is 133 g/mol. The quantitative estimate of drug-likeness (QED) is 0.634. The molecule has 0 saturated heterocycles. The Balaban J connectivity index is 2.90. The van der Waals surface area contributed by atoms with Gasteiger partial charge in [-0.3, -0.25) is 0 Å². The van der Waals surface area contributed by atoms with Crippen LogP contribution in [-0.2, 0) is 6.67 Å². The second-order valence-corrected chi connectivity index (χ2v) is 2.45. The molecule has 0 unspecified atom stereocenters. The van der Waals surface area contributed by atoms with E-state index in [9.17, 15) is 4.39 Å². The second kappa shape index (κ2) is 2.82. The van der Waals surface area contributed by atoms with Crippen LogP contribution in [0.15, 0.2) is 10.8 Å². The molecule has 0 spiro atoms. The number of hydrogen-bond donors (Lipinski definition) is 0. The zero-order valence-corrected chi connectivity index (χ0v) is 6.10. The third-order valence-electron chi connectivity index (χ3n) is 1.32. The fourth-order valence-electron chi connectivity index (χ4n) is 0.848. The van der Waals surface area contributed by atoms with Crippen LogP contribution >= 0.6 is 0 Å². The SMILES string of the molecule is CC(C)c1ocnc1CF. The van der Waals surface area contributed by atoms with Crippen molar-refractivity contribution < 1.29 is 8.81 Å². The normalized spacial score (nSPS) is 10.8. The van der Waals surface area contributed by atoms with Gasteiger partial charge in [-0.25, -0.2) is 9.37 Å². The molecule has 0 fully saturated rings. The summed E-state index contributed by atoms with van der Waals surface area (Å²) in [5, 5.41) is 0. The van der Waals surface area contributed by atoms with Crippen molar-refractivity contribution in [1.29, 1.82) is 0 Å². The third-order valence-corrected chi connectivity index (χ3v) is 1.32. The molecule has 0 bridgehead atoms. The van der Waals surface area contributed by atoms with Gasteiger partial charge in [0, 0.05) is 5.92 Å². The van der Waals surface area contributed by atoms with E-state index in [0.717, 1.165) is 0 Å². The van der Waals surface area contributed by atoms with Crippen molar-refractivity contribution in [2.75, 3.05) is 0 Å². The highest BCUT2D eigenvalue weighted by Crippen LogP contribution is 2.18. The number of rotatable bonds is 2. The largest absolute Gasteiger partial charge is 0.448 e. The van der Waals surface area contributed by atoms with E-state index in [-0.39, 0.29) is 5.92 Å². The molecule has 0 aliphatic heterocycles. The Labute approximate surface area is 59.1 Å². The van der Waals surface area contributed by atoms with Crippen molar-refractivity contribution in [3.05, 3.63) is 17.8 Å². The van der Waals surface area contributed by atoms with Gasteiger partial charge in [-0.05, 0) is 0 Å². The summed E-state index contributed by atoms with van der Waals surface area (Å²) in [7, 11) is 0. The molecule has 1 rings (SSSR count). The maximum Gasteiger partial charge on any atom is 0.181 e. The van der Waals surface area contributed by atoms with Crippen LogP contribution in [0.3, 0.4) is 0 Å². The minimum absolute atomic E-state index is 0.216. The zero-order chi connectivity index (χ0) is 7.56. The molecule has 1 heterocycles. The molecule has 0 aliphatic rings. The van der Waals surface area contributed by atoms with Crippen molar-refractivity contribution in [2.24, 2.45) is 0 Å². The lowest BCUT2D eigenvalue weighted by molar-refractivity contribution is 0.445. The number of oxazole rings is 1. The van der Waals surface area contributed by atoms with E-state index in [1.807, 2.05) is 13.8 Å². The van der Waals surface area contributed by atoms with Crippen LogP contribution in [0.4, 0.5) is 4.39 Å². The molecule has 0 amide bonds. The van der Waals surface area contributed by atoms with E-state index < -0.39 is 6.67 Å². The van der Waals surface area contributed by atoms with Gasteiger partial charge in [0.25, 0.3) is 0 Å². The first kappa shape index (κ1) is 7.25. The molecule has 56 valence electrons. The summed E-state index contributed by atoms with van der Waals surface area (Å²) in [6.45, 7) is 3.35. The Morgan fingerprint density at radius 2 is 2.40 bits per heavy atom. The van der Waals surface area contributed by atoms with E-state index in [2.05, 4.69) is 4.98 Å². The fourth-order valence-corrected chi connectivity index (χ4v) is 0.848. The zero-order valence-electron chi connectivity index (χ0n) is 6.10. The van der Waals surface area contributed by atoms with Crippen LogP contribution in [0.1, 0.15) is 31.2 Å². The predicted molar refractivity (Wildman–Crippen MR) is 35.4 cm³/mol. The summed E-state index contributed by atoms with van der Waals surface area (Å²) in [6, 6.07) is 0. The summed E-state index contributed by atoms with van der Waals surface area (Å²) in [5.74, 6) is 0.871. The van der Waals surface area contributed by atoms with Crippen LogP contribution < -0.4 is 0 Å². The molecular formula is C7H10FNO. The molecule has 0 aromatic carbocycles. The Kier molecular flexibility index (Phi) is 2.04. The van der Waals surface area contributed by atoms with Gasteiger partial charge >= 0.3 is 0 Å². The van der Waals surface area contributed by atoms with Crippen LogP contribution in [0, 0.1) is 0 Å². The van der Waals surface area contributed by atoms with E-state index in [4.69, 9.17) is 4.42 Å². The summed E-state index contributed by atoms with van der Waals surface area (Å²) in [6.07, 6.45) is 1.28. The van der Waals surface area contributed by atoms with Gasteiger partial charge in [0.05, 0.1) is 0 Å². The van der Waals surface area contributed by atoms with Gasteiger partial charge in [0.1, 0.15) is 18.1 Å². The van der Waals surface area contributed by atoms with Gasteiger partial charge < -0.3 is 4.42 Å². The first-order chi connectivity index (χ1) is 4.75. The lowest BCUT2D eigenvalue weighted by Gasteiger charge is -1.98. The number of alkyl halides is 1. The smallest absolute Gasteiger partial charge is 0.181 e. The highest BCUT2D eigenvalue weighted by atomic mass is 19.1. The summed E-state index contributed by atoms with van der Waals surface area (Å²) in [5.41, 5.74) is 0.426. The van der Waals surface area contributed by atoms with Crippen LogP contribution in [0.2, 0.25) is 0 Å². The van der Waals surface area contributed by atoms with E-state index in [1.54, 1.807) is 0 Å². The fraction of sp³-hybridized carbons (Fsp3) is 0.571. The topological polar surface area (TPSA) is 26.0 Å². The van der Waals surface area contributed by atoms with Crippen molar-refractivity contribution in [3.8, 4) is 0 Å². The Hall–Kier alpha value is -0.860. The molecule has 0 radical (unpaired) electrons. The average molecular weight is 143 g/mol. The first-order valence-corrected chi connectivity index (χ1v) is 3.24. The van der Waals surface area contributed by atoms with Crippen LogP contribution in [-0.4, -0.2) is 4.98 Å². The molecule has 1 aromatic rings. The maximum absolute atomic E-state index is 12.1. The van der Waals surface area contributed by atoms with Crippen LogP contribution in [0.25, 0.3) is 0 Å². The van der Waals surface area contributed by atoms with E-state index in [0.29, 0.717) is 11.5 Å². The maximum atomic E-state index is 12.1. The summed E-state index contributed by atoms with van der Waals surface area (Å²) in [4.78, 5) is 3.71. The lowest BCUT2D eigenvalue weighted by Crippen LogP contribution is -1.90. The predicted octanol–water partition coefficient (Wildman–Crippen LogP) is 2.27. The molecule has 0 N–H and O–H groups in total. The van der Waals surface area contributed by atoms with Crippen molar-refractivity contribution >= 4 is 0 Å². The molecule has 0 atom stereocenters. The molecule has 2 nitrogen and oxygen atoms in total. The molecule has 0 saturated carbocycles. The molecule has 3 heteroatoms. The van der Waals surface area contributed by atoms with E-state index >= 15 is 0 Å². The number of aromatic nitrogens is 1. The van der Waals surface area contributed by atoms with Gasteiger partial charge in [-0.2, -0.15) is 0 Å². The Morgan fingerprint density at radius 3 is 2.80 bits per heavy atom. The summed E-state index contributed by atoms with van der Waals surface area (Å²) < 4.78 is 17.0. The van der Waals surface area contributed by atoms with Crippen molar-refractivity contribution in [1.82, 2.24) is 4.98 Å². The Bertz CT molecular complexity index is 207. The van der Waals surface area contributed by atoms with Gasteiger partial charge in [-0.1, -0.05) is 13.8 Å². The molecule has 0 aliphatic carbocycles. The molecule has 10 heavy (non-hydrogen) atoms. The van der Waals surface area contributed by atoms with E-state index in [1.165, 1.54) is 6.39 Å². The number of nitrogens with zero attached hydrogens (tertiary/aromatic N) is 1. The van der Waals surface area contributed by atoms with Gasteiger partial charge in [0.15, 0.2) is 6.39 Å². The second-order valence-electron chi connectivity index (χ2n) is 2.45. The number of hydrogen-bond acceptors (Lipinski definition) is 2. The average Bonchev–Trinajstić information content (AvgIpc) is 2.33. The first-order valence-electron chi connectivity index (χ1n) is 3.24. The van der Waals surface area contributed by atoms with Crippen molar-refractivity contribution in [2.45, 2.75) is 26.4 Å². The standard InChI is InChI=1S/C7H10FNO/c1-5(2)7-6(3-8)9-4-10-7/h4-5H,3H2,1-2H3. The Morgan fingerprint density at radius 1 is 1.70 bits per heavy atom. The summed E-state index contributed by atoms with van der Waals surface area (Å²) >= 11 is 0. The minimum atomic E-state index is -0.538. The highest BCUT2D eigenvalue weighted by Gasteiger charge is 2.10. The highest BCUT2D eigenvalue weighted by molar-refractivity contribution is 5.09. The van der Waals surface area contributed by atoms with Gasteiger partial charge in [0.2, 0.25) is 0 Å². The monoisotopic (exact) mass is 143 g/mol. The lowest BCUT2D eigenvalue weighted by atomic mass is 10.1. The van der Waals surface area contributed by atoms with Crippen LogP contribution in [0.5, 0.6) is 0 Å². The van der Waals surface area contributed by atoms with Crippen molar-refractivity contribution in [3.63, 3.8) is 0 Å². The minimum Gasteiger partial charge on any atom is -0.448 e. The third kappa shape index (κ3) is 1.17.